The van der Waals surface area contributed by atoms with Crippen LogP contribution in [0.2, 0.25) is 0 Å². The lowest BCUT2D eigenvalue weighted by molar-refractivity contribution is -0.140. The molecule has 1 aromatic carbocycles. The Kier molecular flexibility index (Phi) is 7.67. The van der Waals surface area contributed by atoms with Crippen LogP contribution in [-0.4, -0.2) is 83.3 Å². The second-order valence-corrected chi connectivity index (χ2v) is 10.7. The van der Waals surface area contributed by atoms with Crippen LogP contribution >= 0.6 is 0 Å². The van der Waals surface area contributed by atoms with Gasteiger partial charge in [0.25, 0.3) is 0 Å². The largest absolute Gasteiger partial charge is 0.494 e. The van der Waals surface area contributed by atoms with Crippen LogP contribution in [0.5, 0.6) is 5.75 Å². The van der Waals surface area contributed by atoms with Crippen LogP contribution in [0.1, 0.15) is 44.9 Å². The number of carbonyl (C=O) groups excluding carboxylic acids is 1. The lowest BCUT2D eigenvalue weighted by Gasteiger charge is -2.36. The van der Waals surface area contributed by atoms with Crippen molar-refractivity contribution in [2.24, 2.45) is 5.92 Å². The predicted molar refractivity (Wildman–Crippen MR) is 151 cm³/mol. The number of nitrogens with one attached hydrogen (secondary N) is 3. The molecule has 1 saturated carbocycles. The lowest BCUT2D eigenvalue weighted by atomic mass is 9.94. The fourth-order valence-electron chi connectivity index (χ4n) is 5.96. The van der Waals surface area contributed by atoms with Crippen molar-refractivity contribution in [1.29, 1.82) is 0 Å². The summed E-state index contributed by atoms with van der Waals surface area (Å²) >= 11 is 0. The van der Waals surface area contributed by atoms with Gasteiger partial charge in [0.1, 0.15) is 11.3 Å². The van der Waals surface area contributed by atoms with Gasteiger partial charge < -0.3 is 34.9 Å². The molecule has 39 heavy (non-hydrogen) atoms. The highest BCUT2D eigenvalue weighted by Crippen LogP contribution is 2.34. The maximum Gasteiger partial charge on any atom is 0.231 e. The second kappa shape index (κ2) is 11.6. The van der Waals surface area contributed by atoms with E-state index >= 15 is 0 Å². The number of amides is 1. The SMILES string of the molecule is COc1cc(N2CCC(C(=O)N3CCOCC3)CC2)ccc1Nc1nc(NC2CCCCC2)c2[nH]cnc2n1. The molecule has 208 valence electrons. The van der Waals surface area contributed by atoms with Gasteiger partial charge in [-0.3, -0.25) is 4.79 Å². The minimum atomic E-state index is 0.0905. The fourth-order valence-corrected chi connectivity index (χ4v) is 5.96. The molecule has 0 atom stereocenters. The Labute approximate surface area is 228 Å². The van der Waals surface area contributed by atoms with E-state index in [0.717, 1.165) is 61.5 Å². The van der Waals surface area contributed by atoms with Gasteiger partial charge in [-0.25, -0.2) is 4.98 Å². The number of carbonyl (C=O) groups is 1. The van der Waals surface area contributed by atoms with Gasteiger partial charge in [0.05, 0.1) is 32.3 Å². The zero-order valence-corrected chi connectivity index (χ0v) is 22.6. The smallest absolute Gasteiger partial charge is 0.231 e. The van der Waals surface area contributed by atoms with Crippen molar-refractivity contribution in [2.45, 2.75) is 51.0 Å². The summed E-state index contributed by atoms with van der Waals surface area (Å²) in [6.45, 7) is 4.38. The number of hydrogen-bond acceptors (Lipinski definition) is 9. The Morgan fingerprint density at radius 3 is 2.62 bits per heavy atom. The number of anilines is 4. The van der Waals surface area contributed by atoms with Crippen molar-refractivity contribution in [3.8, 4) is 5.75 Å². The maximum absolute atomic E-state index is 12.9. The molecule has 1 amide bonds. The van der Waals surface area contributed by atoms with Gasteiger partial charge in [-0.2, -0.15) is 9.97 Å². The maximum atomic E-state index is 12.9. The molecule has 2 aliphatic heterocycles. The molecular weight excluding hydrogens is 496 g/mol. The van der Waals surface area contributed by atoms with Crippen molar-refractivity contribution < 1.29 is 14.3 Å². The van der Waals surface area contributed by atoms with E-state index < -0.39 is 0 Å². The molecule has 11 heteroatoms. The summed E-state index contributed by atoms with van der Waals surface area (Å²) in [5, 5.41) is 6.97. The second-order valence-electron chi connectivity index (χ2n) is 10.7. The number of morpholine rings is 1. The summed E-state index contributed by atoms with van der Waals surface area (Å²) in [5.41, 5.74) is 3.31. The van der Waals surface area contributed by atoms with Crippen LogP contribution in [0.25, 0.3) is 11.2 Å². The number of hydrogen-bond donors (Lipinski definition) is 3. The molecule has 3 aliphatic rings. The third-order valence-electron chi connectivity index (χ3n) is 8.20. The van der Waals surface area contributed by atoms with Crippen LogP contribution in [0.15, 0.2) is 24.5 Å². The minimum absolute atomic E-state index is 0.0905. The molecule has 3 N–H and O–H groups in total. The molecule has 6 rings (SSSR count). The first-order valence-electron chi connectivity index (χ1n) is 14.2. The van der Waals surface area contributed by atoms with E-state index in [1.54, 1.807) is 13.4 Å². The molecule has 0 unspecified atom stereocenters. The van der Waals surface area contributed by atoms with Gasteiger partial charge in [-0.05, 0) is 37.8 Å². The number of fused-ring (bicyclic) bond motifs is 1. The highest BCUT2D eigenvalue weighted by atomic mass is 16.5. The van der Waals surface area contributed by atoms with Gasteiger partial charge in [-0.15, -0.1) is 0 Å². The molecular formula is C28H38N8O3. The molecule has 3 aromatic rings. The average molecular weight is 535 g/mol. The number of methoxy groups -OCH3 is 1. The number of aromatic amines is 1. The van der Waals surface area contributed by atoms with Gasteiger partial charge in [0.2, 0.25) is 11.9 Å². The summed E-state index contributed by atoms with van der Waals surface area (Å²) in [6, 6.07) is 6.55. The Bertz CT molecular complexity index is 1280. The topological polar surface area (TPSA) is 121 Å². The van der Waals surface area contributed by atoms with Gasteiger partial charge >= 0.3 is 0 Å². The lowest BCUT2D eigenvalue weighted by Crippen LogP contribution is -2.46. The van der Waals surface area contributed by atoms with Crippen LogP contribution in [0.3, 0.4) is 0 Å². The molecule has 0 bridgehead atoms. The summed E-state index contributed by atoms with van der Waals surface area (Å²) in [5.74, 6) is 2.33. The first-order chi connectivity index (χ1) is 19.2. The molecule has 4 heterocycles. The zero-order valence-electron chi connectivity index (χ0n) is 22.6. The number of nitrogens with zero attached hydrogens (tertiary/aromatic N) is 5. The first kappa shape index (κ1) is 25.7. The van der Waals surface area contributed by atoms with E-state index in [9.17, 15) is 4.79 Å². The summed E-state index contributed by atoms with van der Waals surface area (Å²) < 4.78 is 11.2. The summed E-state index contributed by atoms with van der Waals surface area (Å²) in [4.78, 5) is 34.2. The van der Waals surface area contributed by atoms with E-state index in [1.807, 2.05) is 17.0 Å². The van der Waals surface area contributed by atoms with Crippen molar-refractivity contribution in [2.75, 3.05) is 62.0 Å². The zero-order chi connectivity index (χ0) is 26.6. The molecule has 3 fully saturated rings. The highest BCUT2D eigenvalue weighted by Gasteiger charge is 2.29. The monoisotopic (exact) mass is 534 g/mol. The Hall–Kier alpha value is -3.60. The molecule has 0 radical (unpaired) electrons. The number of rotatable bonds is 7. The number of ether oxygens (including phenoxy) is 2. The molecule has 2 aromatic heterocycles. The number of imidazole rings is 1. The molecule has 2 saturated heterocycles. The Balaban J connectivity index is 1.14. The summed E-state index contributed by atoms with van der Waals surface area (Å²) in [6.07, 6.45) is 9.44. The number of aromatic nitrogens is 4. The highest BCUT2D eigenvalue weighted by molar-refractivity contribution is 5.84. The number of H-pyrrole nitrogens is 1. The van der Waals surface area contributed by atoms with Crippen molar-refractivity contribution in [3.63, 3.8) is 0 Å². The average Bonchev–Trinajstić information content (AvgIpc) is 3.47. The van der Waals surface area contributed by atoms with Gasteiger partial charge in [-0.1, -0.05) is 19.3 Å². The first-order valence-corrected chi connectivity index (χ1v) is 14.2. The normalized spacial score (nSPS) is 19.3. The van der Waals surface area contributed by atoms with Crippen LogP contribution in [0, 0.1) is 5.92 Å². The minimum Gasteiger partial charge on any atom is -0.494 e. The van der Waals surface area contributed by atoms with Crippen molar-refractivity contribution in [1.82, 2.24) is 24.8 Å². The van der Waals surface area contributed by atoms with Crippen molar-refractivity contribution in [3.05, 3.63) is 24.5 Å². The fraction of sp³-hybridized carbons (Fsp3) is 0.571. The Morgan fingerprint density at radius 1 is 1.05 bits per heavy atom. The predicted octanol–water partition coefficient (Wildman–Crippen LogP) is 3.92. The summed E-state index contributed by atoms with van der Waals surface area (Å²) in [7, 11) is 1.67. The van der Waals surface area contributed by atoms with E-state index in [2.05, 4.69) is 36.6 Å². The Morgan fingerprint density at radius 2 is 1.85 bits per heavy atom. The van der Waals surface area contributed by atoms with E-state index in [1.165, 1.54) is 19.3 Å². The van der Waals surface area contributed by atoms with Crippen LogP contribution in [0.4, 0.5) is 23.1 Å². The third kappa shape index (κ3) is 5.73. The van der Waals surface area contributed by atoms with E-state index in [0.29, 0.717) is 49.7 Å². The third-order valence-corrected chi connectivity index (χ3v) is 8.20. The van der Waals surface area contributed by atoms with Crippen molar-refractivity contribution >= 4 is 40.2 Å². The molecule has 11 nitrogen and oxygen atoms in total. The number of piperidine rings is 1. The number of benzene rings is 1. The van der Waals surface area contributed by atoms with Crippen LogP contribution < -0.4 is 20.3 Å². The van der Waals surface area contributed by atoms with Gasteiger partial charge in [0, 0.05) is 49.9 Å². The van der Waals surface area contributed by atoms with E-state index in [4.69, 9.17) is 14.5 Å². The molecule has 1 aliphatic carbocycles. The van der Waals surface area contributed by atoms with Gasteiger partial charge in [0.15, 0.2) is 11.5 Å². The van der Waals surface area contributed by atoms with Crippen LogP contribution in [-0.2, 0) is 9.53 Å². The standard InChI is InChI=1S/C28H38N8O3/c1-38-23-17-21(35-11-9-19(10-12-35)27(37)36-13-15-39-16-14-36)7-8-22(23)32-28-33-25-24(29-18-30-25)26(34-28)31-20-5-3-2-4-6-20/h7-8,17-20H,2-6,9-16H2,1H3,(H3,29,30,31,32,33,34). The quantitative estimate of drug-likeness (QED) is 0.414. The molecule has 0 spiro atoms. The van der Waals surface area contributed by atoms with E-state index in [-0.39, 0.29) is 11.8 Å².